The Morgan fingerprint density at radius 1 is 0.710 bits per heavy atom. The molecule has 3 aliphatic heterocycles. The molecular weight excluding hydrogens is 396 g/mol. The zero-order valence-corrected chi connectivity index (χ0v) is 19.6. The second kappa shape index (κ2) is 11.2. The largest absolute Gasteiger partial charge is 0.378 e. The molecule has 8 atom stereocenters. The van der Waals surface area contributed by atoms with E-state index in [1.54, 1.807) is 20.8 Å². The third kappa shape index (κ3) is 6.69. The van der Waals surface area contributed by atoms with Gasteiger partial charge in [0.15, 0.2) is 0 Å². The van der Waals surface area contributed by atoms with Gasteiger partial charge in [-0.1, -0.05) is 0 Å². The summed E-state index contributed by atoms with van der Waals surface area (Å²) < 4.78 is 16.2. The number of hydrogen-bond acceptors (Lipinski definition) is 6. The van der Waals surface area contributed by atoms with Gasteiger partial charge in [-0.3, -0.25) is 9.59 Å². The number of ether oxygens (including phenoxy) is 3. The minimum Gasteiger partial charge on any atom is -0.378 e. The van der Waals surface area contributed by atoms with E-state index in [0.717, 1.165) is 45.5 Å². The molecule has 6 nitrogen and oxygen atoms in total. The molecule has 3 saturated heterocycles. The molecule has 8 unspecified atom stereocenters. The Labute approximate surface area is 186 Å². The zero-order chi connectivity index (χ0) is 22.5. The van der Waals surface area contributed by atoms with Crippen LogP contribution in [0.1, 0.15) is 72.6 Å². The minimum atomic E-state index is 0.266. The summed E-state index contributed by atoms with van der Waals surface area (Å²) in [5.41, 5.74) is 0. The maximum atomic E-state index is 10.9. The van der Waals surface area contributed by atoms with Crippen molar-refractivity contribution in [2.75, 3.05) is 19.8 Å². The van der Waals surface area contributed by atoms with E-state index in [0.29, 0.717) is 47.9 Å². The predicted molar refractivity (Wildman–Crippen MR) is 117 cm³/mol. The Kier molecular flexibility index (Phi) is 8.82. The number of rotatable bonds is 4. The van der Waals surface area contributed by atoms with Crippen LogP contribution in [0, 0.1) is 29.6 Å². The third-order valence-electron chi connectivity index (χ3n) is 7.43. The van der Waals surface area contributed by atoms with E-state index in [9.17, 15) is 14.4 Å². The van der Waals surface area contributed by atoms with E-state index >= 15 is 0 Å². The first-order chi connectivity index (χ1) is 14.8. The van der Waals surface area contributed by atoms with Crippen LogP contribution in [0.4, 0.5) is 0 Å². The summed E-state index contributed by atoms with van der Waals surface area (Å²) in [6.07, 6.45) is 8.56. The van der Waals surface area contributed by atoms with Crippen LogP contribution in [0.25, 0.3) is 0 Å². The highest BCUT2D eigenvalue weighted by Gasteiger charge is 2.55. The number of Topliss-reactive ketones (excluding diaryl/α,β-unsaturated/α-hetero) is 3. The molecule has 176 valence electrons. The van der Waals surface area contributed by atoms with Crippen LogP contribution in [-0.2, 0) is 28.6 Å². The number of carbonyl (C=O) groups excluding carboxylic acids is 3. The van der Waals surface area contributed by atoms with Gasteiger partial charge in [0.2, 0.25) is 0 Å². The Morgan fingerprint density at radius 3 is 1.52 bits per heavy atom. The van der Waals surface area contributed by atoms with Gasteiger partial charge >= 0.3 is 0 Å². The lowest BCUT2D eigenvalue weighted by Crippen LogP contribution is -2.28. The monoisotopic (exact) mass is 436 g/mol. The SMILES string of the molecule is CC(=O)C1C2CCCOC21.CC(=O)C1C2CCCOC21.CC(=O)CC1CCCOC1C. The second-order valence-corrected chi connectivity index (χ2v) is 9.94. The maximum Gasteiger partial charge on any atom is 0.135 e. The van der Waals surface area contributed by atoms with Crippen LogP contribution >= 0.6 is 0 Å². The zero-order valence-electron chi connectivity index (χ0n) is 19.6. The molecular formula is C25H40O6. The molecule has 0 aromatic carbocycles. The Morgan fingerprint density at radius 2 is 1.16 bits per heavy atom. The molecule has 0 spiro atoms. The summed E-state index contributed by atoms with van der Waals surface area (Å²) in [5.74, 6) is 3.10. The van der Waals surface area contributed by atoms with E-state index < -0.39 is 0 Å². The van der Waals surface area contributed by atoms with Crippen molar-refractivity contribution in [3.8, 4) is 0 Å². The molecule has 2 aliphatic carbocycles. The fourth-order valence-electron chi connectivity index (χ4n) is 5.59. The van der Waals surface area contributed by atoms with E-state index in [-0.39, 0.29) is 23.7 Å². The quantitative estimate of drug-likeness (QED) is 0.667. The van der Waals surface area contributed by atoms with E-state index in [1.165, 1.54) is 12.8 Å². The van der Waals surface area contributed by atoms with Gasteiger partial charge in [0, 0.05) is 38.1 Å². The lowest BCUT2D eigenvalue weighted by Gasteiger charge is -2.28. The Balaban J connectivity index is 0.000000132. The van der Waals surface area contributed by atoms with Gasteiger partial charge in [0.05, 0.1) is 18.3 Å². The molecule has 0 bridgehead atoms. The lowest BCUT2D eigenvalue weighted by molar-refractivity contribution is -0.120. The van der Waals surface area contributed by atoms with Gasteiger partial charge in [-0.2, -0.15) is 0 Å². The van der Waals surface area contributed by atoms with Gasteiger partial charge < -0.3 is 19.0 Å². The molecule has 0 radical (unpaired) electrons. The number of carbonyl (C=O) groups is 3. The first-order valence-corrected chi connectivity index (χ1v) is 12.2. The Bertz CT molecular complexity index is 584. The van der Waals surface area contributed by atoms with Crippen molar-refractivity contribution >= 4 is 17.3 Å². The Hall–Kier alpha value is -1.11. The lowest BCUT2D eigenvalue weighted by atomic mass is 9.91. The number of fused-ring (bicyclic) bond motifs is 2. The smallest absolute Gasteiger partial charge is 0.135 e. The number of ketones is 3. The molecule has 0 aromatic rings. The van der Waals surface area contributed by atoms with Crippen molar-refractivity contribution in [1.82, 2.24) is 0 Å². The second-order valence-electron chi connectivity index (χ2n) is 9.94. The first-order valence-electron chi connectivity index (χ1n) is 12.2. The normalized spacial score (nSPS) is 39.9. The highest BCUT2D eigenvalue weighted by Crippen LogP contribution is 2.48. The van der Waals surface area contributed by atoms with Crippen molar-refractivity contribution in [1.29, 1.82) is 0 Å². The molecule has 3 heterocycles. The molecule has 0 N–H and O–H groups in total. The fourth-order valence-corrected chi connectivity index (χ4v) is 5.59. The molecule has 0 amide bonds. The summed E-state index contributed by atoms with van der Waals surface area (Å²) in [6, 6.07) is 0. The highest BCUT2D eigenvalue weighted by atomic mass is 16.5. The summed E-state index contributed by atoms with van der Waals surface area (Å²) in [4.78, 5) is 32.6. The van der Waals surface area contributed by atoms with Gasteiger partial charge in [-0.05, 0) is 84.0 Å². The highest BCUT2D eigenvalue weighted by molar-refractivity contribution is 5.83. The molecule has 5 aliphatic rings. The van der Waals surface area contributed by atoms with Gasteiger partial charge in [-0.25, -0.2) is 0 Å². The average Bonchev–Trinajstić information content (AvgIpc) is 3.62. The van der Waals surface area contributed by atoms with E-state index in [1.807, 2.05) is 0 Å². The summed E-state index contributed by atoms with van der Waals surface area (Å²) in [5, 5.41) is 0. The van der Waals surface area contributed by atoms with Crippen LogP contribution in [0.15, 0.2) is 0 Å². The topological polar surface area (TPSA) is 78.9 Å². The number of hydrogen-bond donors (Lipinski definition) is 0. The molecule has 5 fully saturated rings. The maximum absolute atomic E-state index is 10.9. The molecule has 6 heteroatoms. The van der Waals surface area contributed by atoms with E-state index in [2.05, 4.69) is 6.92 Å². The van der Waals surface area contributed by atoms with Crippen molar-refractivity contribution in [2.24, 2.45) is 29.6 Å². The van der Waals surface area contributed by atoms with Gasteiger partial charge in [-0.15, -0.1) is 0 Å². The summed E-state index contributed by atoms with van der Waals surface area (Å²) in [7, 11) is 0. The van der Waals surface area contributed by atoms with Crippen LogP contribution in [0.3, 0.4) is 0 Å². The van der Waals surface area contributed by atoms with Crippen molar-refractivity contribution in [2.45, 2.75) is 91.0 Å². The van der Waals surface area contributed by atoms with Crippen molar-refractivity contribution in [3.63, 3.8) is 0 Å². The molecule has 0 aromatic heterocycles. The predicted octanol–water partition coefficient (Wildman–Crippen LogP) is 3.78. The van der Waals surface area contributed by atoms with Crippen LogP contribution < -0.4 is 0 Å². The minimum absolute atomic E-state index is 0.266. The first kappa shape index (κ1) is 24.5. The van der Waals surface area contributed by atoms with Crippen molar-refractivity contribution < 1.29 is 28.6 Å². The standard InChI is InChI=1S/C9H16O2.2C8H12O2/c1-7(10)6-9-4-3-5-11-8(9)2;2*1-5(9)7-6-3-2-4-10-8(6)7/h8-9H,3-6H2,1-2H3;2*6-8H,2-4H2,1H3. The van der Waals surface area contributed by atoms with Crippen LogP contribution in [-0.4, -0.2) is 55.5 Å². The van der Waals surface area contributed by atoms with Crippen LogP contribution in [0.5, 0.6) is 0 Å². The van der Waals surface area contributed by atoms with Gasteiger partial charge in [0.25, 0.3) is 0 Å². The van der Waals surface area contributed by atoms with Crippen molar-refractivity contribution in [3.05, 3.63) is 0 Å². The summed E-state index contributed by atoms with van der Waals surface area (Å²) in [6.45, 7) is 9.66. The summed E-state index contributed by atoms with van der Waals surface area (Å²) >= 11 is 0. The average molecular weight is 437 g/mol. The van der Waals surface area contributed by atoms with E-state index in [4.69, 9.17) is 14.2 Å². The van der Waals surface area contributed by atoms with Gasteiger partial charge in [0.1, 0.15) is 17.3 Å². The molecule has 2 saturated carbocycles. The molecule has 5 rings (SSSR count). The van der Waals surface area contributed by atoms with Crippen LogP contribution in [0.2, 0.25) is 0 Å². The third-order valence-corrected chi connectivity index (χ3v) is 7.43. The fraction of sp³-hybridized carbons (Fsp3) is 0.880. The molecule has 31 heavy (non-hydrogen) atoms.